The quantitative estimate of drug-likeness (QED) is 0.577. The van der Waals surface area contributed by atoms with Crippen molar-refractivity contribution >= 4 is 17.2 Å². The van der Waals surface area contributed by atoms with Crippen molar-refractivity contribution in [2.75, 3.05) is 38.6 Å². The van der Waals surface area contributed by atoms with E-state index in [0.29, 0.717) is 41.0 Å². The van der Waals surface area contributed by atoms with Crippen molar-refractivity contribution in [3.05, 3.63) is 23.9 Å². The molecular formula is C24H33F2N5O2. The van der Waals surface area contributed by atoms with E-state index >= 15 is 0 Å². The lowest BCUT2D eigenvalue weighted by Gasteiger charge is -2.33. The van der Waals surface area contributed by atoms with Crippen molar-refractivity contribution in [2.24, 2.45) is 34.4 Å². The van der Waals surface area contributed by atoms with Crippen LogP contribution in [0.5, 0.6) is 5.75 Å². The molecule has 9 heteroatoms. The van der Waals surface area contributed by atoms with Crippen LogP contribution in [0.4, 0.5) is 14.6 Å². The highest BCUT2D eigenvalue weighted by Crippen LogP contribution is 2.59. The molecular weight excluding hydrogens is 428 g/mol. The molecule has 3 saturated carbocycles. The third kappa shape index (κ3) is 4.99. The number of morpholine rings is 1. The first kappa shape index (κ1) is 22.5. The Morgan fingerprint density at radius 2 is 2.00 bits per heavy atom. The predicted molar refractivity (Wildman–Crippen MR) is 123 cm³/mol. The molecule has 1 saturated heterocycles. The van der Waals surface area contributed by atoms with Gasteiger partial charge in [0, 0.05) is 54.8 Å². The number of anilines is 1. The van der Waals surface area contributed by atoms with Crippen molar-refractivity contribution in [3.63, 3.8) is 0 Å². The smallest absolute Gasteiger partial charge is 0.387 e. The zero-order chi connectivity index (χ0) is 22.9. The van der Waals surface area contributed by atoms with Crippen LogP contribution in [0.25, 0.3) is 5.70 Å². The number of rotatable bonds is 8. The fourth-order valence-electron chi connectivity index (χ4n) is 5.69. The molecule has 1 aromatic heterocycles. The van der Waals surface area contributed by atoms with Crippen molar-refractivity contribution in [1.29, 1.82) is 0 Å². The minimum atomic E-state index is -2.97. The Balaban J connectivity index is 1.31. The summed E-state index contributed by atoms with van der Waals surface area (Å²) < 4.78 is 35.4. The number of allylic oxidation sites excluding steroid dienone is 1. The highest BCUT2D eigenvalue weighted by molar-refractivity contribution is 6.04. The summed E-state index contributed by atoms with van der Waals surface area (Å²) in [6.07, 6.45) is 9.57. The second-order valence-electron chi connectivity index (χ2n) is 9.78. The summed E-state index contributed by atoms with van der Waals surface area (Å²) in [6.45, 7) is 1.57. The summed E-state index contributed by atoms with van der Waals surface area (Å²) in [5, 5.41) is 0. The van der Waals surface area contributed by atoms with Gasteiger partial charge in [-0.2, -0.15) is 8.78 Å². The Kier molecular flexibility index (Phi) is 6.51. The van der Waals surface area contributed by atoms with E-state index < -0.39 is 6.61 Å². The highest BCUT2D eigenvalue weighted by Gasteiger charge is 2.58. The topological polar surface area (TPSA) is 99.0 Å². The van der Waals surface area contributed by atoms with Gasteiger partial charge in [0.25, 0.3) is 0 Å². The molecule has 0 radical (unpaired) electrons. The van der Waals surface area contributed by atoms with Gasteiger partial charge in [0.2, 0.25) is 0 Å². The summed E-state index contributed by atoms with van der Waals surface area (Å²) in [5.41, 5.74) is 14.1. The molecule has 0 spiro atoms. The minimum Gasteiger partial charge on any atom is -0.431 e. The fourth-order valence-corrected chi connectivity index (χ4v) is 5.69. The van der Waals surface area contributed by atoms with E-state index in [1.54, 1.807) is 0 Å². The molecule has 5 rings (SSSR count). The van der Waals surface area contributed by atoms with Crippen LogP contribution in [0.2, 0.25) is 0 Å². The molecule has 7 nitrogen and oxygen atoms in total. The molecule has 33 heavy (non-hydrogen) atoms. The summed E-state index contributed by atoms with van der Waals surface area (Å²) in [6, 6.07) is 2.07. The van der Waals surface area contributed by atoms with E-state index in [0.717, 1.165) is 38.6 Å². The summed E-state index contributed by atoms with van der Waals surface area (Å²) in [5.74, 6) is 2.13. The van der Waals surface area contributed by atoms with E-state index in [9.17, 15) is 8.78 Å². The van der Waals surface area contributed by atoms with Crippen LogP contribution in [0.3, 0.4) is 0 Å². The van der Waals surface area contributed by atoms with E-state index in [1.165, 1.54) is 44.4 Å². The average Bonchev–Trinajstić information content (AvgIpc) is 3.25. The van der Waals surface area contributed by atoms with E-state index in [2.05, 4.69) is 14.6 Å². The average molecular weight is 462 g/mol. The number of halogens is 2. The van der Waals surface area contributed by atoms with Crippen LogP contribution in [-0.2, 0) is 4.74 Å². The molecule has 4 N–H and O–H groups in total. The maximum Gasteiger partial charge on any atom is 0.387 e. The molecule has 180 valence electrons. The Morgan fingerprint density at radius 1 is 1.27 bits per heavy atom. The minimum absolute atomic E-state index is 0.0865. The second-order valence-corrected chi connectivity index (χ2v) is 9.78. The second kappa shape index (κ2) is 9.54. The van der Waals surface area contributed by atoms with Crippen LogP contribution < -0.4 is 16.2 Å². The van der Waals surface area contributed by atoms with Crippen LogP contribution in [0.1, 0.15) is 37.7 Å². The Bertz CT molecular complexity index is 902. The summed E-state index contributed by atoms with van der Waals surface area (Å²) in [4.78, 5) is 11.6. The predicted octanol–water partition coefficient (Wildman–Crippen LogP) is 3.16. The highest BCUT2D eigenvalue weighted by atomic mass is 19.3. The Labute approximate surface area is 193 Å². The molecule has 4 fully saturated rings. The zero-order valence-corrected chi connectivity index (χ0v) is 18.8. The first-order valence-electron chi connectivity index (χ1n) is 12.0. The molecule has 4 atom stereocenters. The van der Waals surface area contributed by atoms with Gasteiger partial charge in [0.15, 0.2) is 11.6 Å². The first-order chi connectivity index (χ1) is 16.0. The zero-order valence-electron chi connectivity index (χ0n) is 18.8. The van der Waals surface area contributed by atoms with Crippen LogP contribution >= 0.6 is 0 Å². The lowest BCUT2D eigenvalue weighted by Crippen LogP contribution is -2.43. The number of hydrogen-bond acceptors (Lipinski definition) is 7. The van der Waals surface area contributed by atoms with E-state index in [1.807, 2.05) is 6.08 Å². The molecule has 4 aliphatic rings. The molecule has 0 amide bonds. The third-order valence-electron chi connectivity index (χ3n) is 7.82. The van der Waals surface area contributed by atoms with Gasteiger partial charge >= 0.3 is 6.61 Å². The van der Waals surface area contributed by atoms with Gasteiger partial charge in [-0.3, -0.25) is 9.89 Å². The normalized spacial score (nSPS) is 30.9. The van der Waals surface area contributed by atoms with Crippen molar-refractivity contribution < 1.29 is 18.3 Å². The summed E-state index contributed by atoms with van der Waals surface area (Å²) in [7, 11) is 0. The van der Waals surface area contributed by atoms with Gasteiger partial charge in [-0.05, 0) is 55.6 Å². The van der Waals surface area contributed by atoms with Gasteiger partial charge in [-0.15, -0.1) is 0 Å². The molecule has 1 aliphatic heterocycles. The van der Waals surface area contributed by atoms with Crippen LogP contribution in [0.15, 0.2) is 23.3 Å². The van der Waals surface area contributed by atoms with Crippen LogP contribution in [0, 0.1) is 23.7 Å². The lowest BCUT2D eigenvalue weighted by molar-refractivity contribution is -0.0495. The number of nitrogen functional groups attached to an aromatic ring is 1. The number of fused-ring (bicyclic) bond motifs is 1. The fraction of sp³-hybridized carbons (Fsp3) is 0.667. The number of hydrogen-bond donors (Lipinski definition) is 2. The van der Waals surface area contributed by atoms with Crippen molar-refractivity contribution in [2.45, 2.75) is 44.8 Å². The molecule has 3 aliphatic carbocycles. The molecule has 0 bridgehead atoms. The maximum absolute atomic E-state index is 12.7. The Morgan fingerprint density at radius 3 is 2.64 bits per heavy atom. The number of nitrogens with two attached hydrogens (primary N) is 2. The van der Waals surface area contributed by atoms with Crippen LogP contribution in [-0.4, -0.2) is 61.1 Å². The number of nitrogens with zero attached hydrogens (tertiary/aromatic N) is 3. The molecule has 1 aromatic rings. The van der Waals surface area contributed by atoms with Crippen molar-refractivity contribution in [3.8, 4) is 5.75 Å². The number of aliphatic imine (C=N–C) groups is 1. The van der Waals surface area contributed by atoms with Gasteiger partial charge in [0.1, 0.15) is 0 Å². The molecule has 0 aromatic carbocycles. The number of ether oxygens (including phenoxy) is 2. The largest absolute Gasteiger partial charge is 0.431 e. The molecule has 2 unspecified atom stereocenters. The third-order valence-corrected chi connectivity index (χ3v) is 7.82. The maximum atomic E-state index is 12.7. The van der Waals surface area contributed by atoms with E-state index in [-0.39, 0.29) is 11.6 Å². The standard InChI is InChI=1S/C24H33F2N5O2/c25-24(26)33-21-8-15(13-30-23(21)28)19(27)11-20(29-12-14-2-1-3-14)22-17-9-16(10-18(17)22)31-4-6-32-7-5-31/h8,11,13-14,16-18,22,24H,1-7,9-10,12,27H2,(H2,28,30)/t16?,17-,18+,22?. The SMILES string of the molecule is NC(=CC(=NCC1CCC1)C1[C@H]2CC(N3CCOCC3)C[C@@H]12)c1cnc(N)c(OC(F)F)c1. The number of alkyl halides is 2. The first-order valence-corrected chi connectivity index (χ1v) is 12.0. The summed E-state index contributed by atoms with van der Waals surface area (Å²) >= 11 is 0. The molecule has 2 heterocycles. The van der Waals surface area contributed by atoms with Gasteiger partial charge < -0.3 is 20.9 Å². The lowest BCUT2D eigenvalue weighted by atomic mass is 9.85. The number of aromatic nitrogens is 1. The van der Waals surface area contributed by atoms with Gasteiger partial charge in [-0.25, -0.2) is 4.98 Å². The van der Waals surface area contributed by atoms with Crippen molar-refractivity contribution in [1.82, 2.24) is 9.88 Å². The number of pyridine rings is 1. The van der Waals surface area contributed by atoms with Gasteiger partial charge in [0.05, 0.1) is 13.2 Å². The Hall–Kier alpha value is -2.26. The van der Waals surface area contributed by atoms with Gasteiger partial charge in [-0.1, -0.05) is 6.42 Å². The monoisotopic (exact) mass is 461 g/mol. The van der Waals surface area contributed by atoms with E-state index in [4.69, 9.17) is 21.2 Å².